The van der Waals surface area contributed by atoms with E-state index in [4.69, 9.17) is 4.74 Å². The van der Waals surface area contributed by atoms with Crippen molar-refractivity contribution in [2.75, 3.05) is 33.3 Å². The molecule has 2 saturated heterocycles. The number of benzene rings is 1. The molecule has 3 rings (SSSR count). The van der Waals surface area contributed by atoms with Crippen LogP contribution in [0.2, 0.25) is 0 Å². The van der Waals surface area contributed by atoms with Crippen molar-refractivity contribution in [3.05, 3.63) is 29.6 Å². The maximum Gasteiger partial charge on any atom is 0.317 e. The third-order valence-electron chi connectivity index (χ3n) is 5.41. The number of hydrogen-bond donors (Lipinski definition) is 1. The molecular weight excluding hydrogens is 337 g/mol. The van der Waals surface area contributed by atoms with Crippen LogP contribution < -0.4 is 10.1 Å². The molecule has 142 valence electrons. The van der Waals surface area contributed by atoms with Gasteiger partial charge >= 0.3 is 6.03 Å². The van der Waals surface area contributed by atoms with Crippen LogP contribution in [0.5, 0.6) is 5.75 Å². The van der Waals surface area contributed by atoms with E-state index in [1.54, 1.807) is 21.9 Å². The van der Waals surface area contributed by atoms with Crippen molar-refractivity contribution in [1.29, 1.82) is 0 Å². The molecule has 0 saturated carbocycles. The fourth-order valence-corrected chi connectivity index (χ4v) is 4.00. The molecule has 0 bridgehead atoms. The van der Waals surface area contributed by atoms with E-state index in [9.17, 15) is 14.0 Å². The average Bonchev–Trinajstić information content (AvgIpc) is 3.06. The van der Waals surface area contributed by atoms with E-state index in [0.717, 1.165) is 12.8 Å². The van der Waals surface area contributed by atoms with E-state index in [1.807, 2.05) is 6.92 Å². The van der Waals surface area contributed by atoms with E-state index >= 15 is 0 Å². The van der Waals surface area contributed by atoms with Crippen LogP contribution in [0.1, 0.15) is 31.7 Å². The molecule has 0 aliphatic carbocycles. The molecule has 1 atom stereocenters. The van der Waals surface area contributed by atoms with Crippen LogP contribution in [0.25, 0.3) is 0 Å². The highest BCUT2D eigenvalue weighted by molar-refractivity contribution is 5.85. The number of carbonyl (C=O) groups excluding carboxylic acids is 2. The summed E-state index contributed by atoms with van der Waals surface area (Å²) in [7, 11) is 1.53. The summed E-state index contributed by atoms with van der Waals surface area (Å²) in [5.41, 5.74) is -0.0769. The van der Waals surface area contributed by atoms with Gasteiger partial charge in [-0.05, 0) is 44.4 Å². The molecule has 2 fully saturated rings. The smallest absolute Gasteiger partial charge is 0.317 e. The molecule has 0 unspecified atom stereocenters. The first-order valence-corrected chi connectivity index (χ1v) is 9.13. The van der Waals surface area contributed by atoms with E-state index in [1.165, 1.54) is 13.2 Å². The molecule has 1 aromatic rings. The fraction of sp³-hybridized carbons (Fsp3) is 0.579. The van der Waals surface area contributed by atoms with Crippen molar-refractivity contribution in [1.82, 2.24) is 15.1 Å². The zero-order valence-electron chi connectivity index (χ0n) is 15.4. The number of amides is 3. The zero-order chi connectivity index (χ0) is 18.7. The Morgan fingerprint density at radius 2 is 2.15 bits per heavy atom. The molecular formula is C19H26FN3O3. The predicted octanol–water partition coefficient (Wildman–Crippen LogP) is 2.38. The Balaban J connectivity index is 1.73. The van der Waals surface area contributed by atoms with Crippen molar-refractivity contribution in [3.8, 4) is 5.75 Å². The largest absolute Gasteiger partial charge is 0.497 e. The van der Waals surface area contributed by atoms with Crippen LogP contribution in [0, 0.1) is 11.2 Å². The number of carbonyl (C=O) groups is 2. The summed E-state index contributed by atoms with van der Waals surface area (Å²) in [4.78, 5) is 28.7. The lowest BCUT2D eigenvalue weighted by Crippen LogP contribution is -2.50. The van der Waals surface area contributed by atoms with Gasteiger partial charge in [0.2, 0.25) is 5.91 Å². The Morgan fingerprint density at radius 1 is 1.35 bits per heavy atom. The van der Waals surface area contributed by atoms with E-state index in [0.29, 0.717) is 43.9 Å². The van der Waals surface area contributed by atoms with E-state index in [2.05, 4.69) is 5.32 Å². The Kier molecular flexibility index (Phi) is 5.34. The molecule has 0 radical (unpaired) electrons. The number of ether oxygens (including phenoxy) is 1. The lowest BCUT2D eigenvalue weighted by molar-refractivity contribution is -0.146. The molecule has 1 spiro atoms. The second-order valence-electron chi connectivity index (χ2n) is 7.07. The summed E-state index contributed by atoms with van der Waals surface area (Å²) in [5, 5.41) is 2.79. The minimum Gasteiger partial charge on any atom is -0.497 e. The number of piperidine rings is 1. The van der Waals surface area contributed by atoms with Crippen molar-refractivity contribution in [3.63, 3.8) is 0 Å². The summed E-state index contributed by atoms with van der Waals surface area (Å²) in [5.74, 6) is 0.259. The molecule has 0 aromatic heterocycles. The summed E-state index contributed by atoms with van der Waals surface area (Å²) >= 11 is 0. The first-order chi connectivity index (χ1) is 12.5. The van der Waals surface area contributed by atoms with Gasteiger partial charge in [0, 0.05) is 38.3 Å². The van der Waals surface area contributed by atoms with Crippen LogP contribution in [-0.4, -0.2) is 55.0 Å². The Morgan fingerprint density at radius 3 is 2.88 bits per heavy atom. The number of urea groups is 1. The van der Waals surface area contributed by atoms with Crippen LogP contribution in [0.3, 0.4) is 0 Å². The zero-order valence-corrected chi connectivity index (χ0v) is 15.4. The molecule has 6 nitrogen and oxygen atoms in total. The van der Waals surface area contributed by atoms with Crippen LogP contribution in [0.15, 0.2) is 18.2 Å². The second kappa shape index (κ2) is 7.51. The molecule has 2 heterocycles. The van der Waals surface area contributed by atoms with Gasteiger partial charge in [-0.15, -0.1) is 0 Å². The molecule has 1 aromatic carbocycles. The number of rotatable bonds is 4. The average molecular weight is 363 g/mol. The SMILES string of the molecule is CCNC(=O)N1CC[C@]2(CCCN(Cc3cc(OC)ccc3F)C2=O)C1. The standard InChI is InChI=1S/C19H26FN3O3/c1-3-21-18(25)23-10-8-19(13-23)7-4-9-22(17(19)24)12-14-11-15(26-2)5-6-16(14)20/h5-6,11H,3-4,7-10,12-13H2,1-2H3,(H,21,25)/t19-/m1/s1. The first-order valence-electron chi connectivity index (χ1n) is 9.13. The normalized spacial score (nSPS) is 22.8. The Bertz CT molecular complexity index is 697. The van der Waals surface area contributed by atoms with Gasteiger partial charge in [0.1, 0.15) is 11.6 Å². The Hall–Kier alpha value is -2.31. The topological polar surface area (TPSA) is 61.9 Å². The third kappa shape index (κ3) is 3.48. The summed E-state index contributed by atoms with van der Waals surface area (Å²) in [6.45, 7) is 4.30. The predicted molar refractivity (Wildman–Crippen MR) is 95.3 cm³/mol. The van der Waals surface area contributed by atoms with Gasteiger partial charge in [0.25, 0.3) is 0 Å². The number of nitrogens with one attached hydrogen (secondary N) is 1. The van der Waals surface area contributed by atoms with E-state index in [-0.39, 0.29) is 24.3 Å². The summed E-state index contributed by atoms with van der Waals surface area (Å²) < 4.78 is 19.3. The summed E-state index contributed by atoms with van der Waals surface area (Å²) in [6, 6.07) is 4.46. The van der Waals surface area contributed by atoms with Gasteiger partial charge in [-0.1, -0.05) is 0 Å². The molecule has 1 N–H and O–H groups in total. The van der Waals surface area contributed by atoms with Crippen molar-refractivity contribution in [2.24, 2.45) is 5.41 Å². The molecule has 26 heavy (non-hydrogen) atoms. The van der Waals surface area contributed by atoms with Gasteiger partial charge < -0.3 is 19.9 Å². The summed E-state index contributed by atoms with van der Waals surface area (Å²) in [6.07, 6.45) is 2.31. The lowest BCUT2D eigenvalue weighted by atomic mass is 9.78. The van der Waals surface area contributed by atoms with Gasteiger partial charge in [-0.25, -0.2) is 9.18 Å². The monoisotopic (exact) mass is 363 g/mol. The Labute approximate surface area is 153 Å². The van der Waals surface area contributed by atoms with Crippen LogP contribution in [0.4, 0.5) is 9.18 Å². The minimum atomic E-state index is -0.529. The van der Waals surface area contributed by atoms with Crippen LogP contribution in [-0.2, 0) is 11.3 Å². The number of likely N-dealkylation sites (tertiary alicyclic amines) is 2. The maximum atomic E-state index is 14.2. The number of halogens is 1. The molecule has 2 aliphatic heterocycles. The number of nitrogens with zero attached hydrogens (tertiary/aromatic N) is 2. The molecule has 7 heteroatoms. The third-order valence-corrected chi connectivity index (χ3v) is 5.41. The van der Waals surface area contributed by atoms with Crippen LogP contribution >= 0.6 is 0 Å². The van der Waals surface area contributed by atoms with Gasteiger partial charge in [0.15, 0.2) is 0 Å². The second-order valence-corrected chi connectivity index (χ2v) is 7.07. The fourth-order valence-electron chi connectivity index (χ4n) is 4.00. The van der Waals surface area contributed by atoms with Crippen molar-refractivity contribution in [2.45, 2.75) is 32.7 Å². The van der Waals surface area contributed by atoms with E-state index < -0.39 is 5.41 Å². The minimum absolute atomic E-state index is 0.0257. The van der Waals surface area contributed by atoms with Gasteiger partial charge in [-0.3, -0.25) is 4.79 Å². The highest BCUT2D eigenvalue weighted by atomic mass is 19.1. The highest BCUT2D eigenvalue weighted by Crippen LogP contribution is 2.40. The quantitative estimate of drug-likeness (QED) is 0.893. The van der Waals surface area contributed by atoms with Gasteiger partial charge in [0.05, 0.1) is 12.5 Å². The van der Waals surface area contributed by atoms with Crippen molar-refractivity contribution < 1.29 is 18.7 Å². The lowest BCUT2D eigenvalue weighted by Gasteiger charge is -2.39. The van der Waals surface area contributed by atoms with Crippen molar-refractivity contribution >= 4 is 11.9 Å². The first kappa shape index (κ1) is 18.5. The molecule has 2 aliphatic rings. The molecule has 3 amide bonds. The highest BCUT2D eigenvalue weighted by Gasteiger charge is 2.49. The number of methoxy groups -OCH3 is 1. The maximum absolute atomic E-state index is 14.2. The number of hydrogen-bond acceptors (Lipinski definition) is 3. The van der Waals surface area contributed by atoms with Gasteiger partial charge in [-0.2, -0.15) is 0 Å².